The topological polar surface area (TPSA) is 42.7 Å². The summed E-state index contributed by atoms with van der Waals surface area (Å²) in [6, 6.07) is 12.9. The highest BCUT2D eigenvalue weighted by atomic mass is 79.9. The summed E-state index contributed by atoms with van der Waals surface area (Å²) in [4.78, 5) is 4.28. The zero-order valence-corrected chi connectivity index (χ0v) is 15.6. The van der Waals surface area contributed by atoms with Gasteiger partial charge in [-0.15, -0.1) is 0 Å². The largest absolute Gasteiger partial charge is 0.348 e. The smallest absolute Gasteiger partial charge is 0.222 e. The van der Waals surface area contributed by atoms with Crippen LogP contribution in [0.2, 0.25) is 0 Å². The van der Waals surface area contributed by atoms with Gasteiger partial charge in [-0.05, 0) is 42.3 Å². The molecule has 2 heterocycles. The van der Waals surface area contributed by atoms with Crippen LogP contribution in [0.5, 0.6) is 0 Å². The van der Waals surface area contributed by atoms with Gasteiger partial charge in [0, 0.05) is 14.5 Å². The summed E-state index contributed by atoms with van der Waals surface area (Å²) in [5.74, 6) is 0.412. The van der Waals surface area contributed by atoms with Crippen LogP contribution < -0.4 is 5.32 Å². The van der Waals surface area contributed by atoms with Crippen LogP contribution in [0.4, 0.5) is 10.3 Å². The van der Waals surface area contributed by atoms with E-state index >= 15 is 0 Å². The molecule has 0 radical (unpaired) electrons. The van der Waals surface area contributed by atoms with Crippen LogP contribution >= 0.6 is 31.9 Å². The lowest BCUT2D eigenvalue weighted by atomic mass is 9.93. The Morgan fingerprint density at radius 3 is 2.79 bits per heavy atom. The Bertz CT molecular complexity index is 896. The molecule has 0 saturated heterocycles. The summed E-state index contributed by atoms with van der Waals surface area (Å²) in [6.07, 6.45) is 2.18. The van der Waals surface area contributed by atoms with Crippen LogP contribution in [0.25, 0.3) is 0 Å². The van der Waals surface area contributed by atoms with Gasteiger partial charge in [0.15, 0.2) is 0 Å². The molecule has 1 N–H and O–H groups in total. The molecule has 0 unspecified atom stereocenters. The second kappa shape index (κ2) is 6.29. The normalized spacial score (nSPS) is 19.6. The summed E-state index contributed by atoms with van der Waals surface area (Å²) in [7, 11) is 0. The molecule has 1 aliphatic rings. The second-order valence-electron chi connectivity index (χ2n) is 5.70. The zero-order chi connectivity index (χ0) is 16.7. The third-order valence-electron chi connectivity index (χ3n) is 4.20. The number of aromatic nitrogens is 3. The third kappa shape index (κ3) is 2.86. The summed E-state index contributed by atoms with van der Waals surface area (Å²) in [6.45, 7) is 0. The molecule has 122 valence electrons. The molecule has 0 bridgehead atoms. The molecular weight excluding hydrogens is 439 g/mol. The number of fused-ring (bicyclic) bond motifs is 1. The molecular formula is C17H13Br2FN4. The van der Waals surface area contributed by atoms with Crippen molar-refractivity contribution >= 4 is 37.8 Å². The Morgan fingerprint density at radius 2 is 1.96 bits per heavy atom. The maximum absolute atomic E-state index is 14.4. The first kappa shape index (κ1) is 15.8. The fourth-order valence-corrected chi connectivity index (χ4v) is 3.89. The van der Waals surface area contributed by atoms with Crippen molar-refractivity contribution in [1.82, 2.24) is 14.8 Å². The van der Waals surface area contributed by atoms with Gasteiger partial charge in [-0.2, -0.15) is 10.1 Å². The molecule has 1 aliphatic heterocycles. The van der Waals surface area contributed by atoms with Crippen LogP contribution in [0, 0.1) is 5.82 Å². The first-order valence-corrected chi connectivity index (χ1v) is 9.07. The molecule has 0 saturated carbocycles. The molecule has 24 heavy (non-hydrogen) atoms. The van der Waals surface area contributed by atoms with Crippen molar-refractivity contribution < 1.29 is 4.39 Å². The number of anilines is 1. The van der Waals surface area contributed by atoms with Crippen LogP contribution in [0.1, 0.15) is 29.6 Å². The Labute approximate surface area is 155 Å². The summed E-state index contributed by atoms with van der Waals surface area (Å²) in [5, 5.41) is 7.67. The van der Waals surface area contributed by atoms with Gasteiger partial charge in [-0.3, -0.25) is 0 Å². The van der Waals surface area contributed by atoms with Crippen LogP contribution in [-0.4, -0.2) is 14.8 Å². The Morgan fingerprint density at radius 1 is 1.12 bits per heavy atom. The fraction of sp³-hybridized carbons (Fsp3) is 0.176. The minimum absolute atomic E-state index is 0.0302. The van der Waals surface area contributed by atoms with Gasteiger partial charge in [-0.1, -0.05) is 44.0 Å². The van der Waals surface area contributed by atoms with Crippen molar-refractivity contribution in [3.05, 3.63) is 74.7 Å². The quantitative estimate of drug-likeness (QED) is 0.590. The lowest BCUT2D eigenvalue weighted by Crippen LogP contribution is -2.28. The molecule has 2 aromatic carbocycles. The lowest BCUT2D eigenvalue weighted by Gasteiger charge is -2.32. The van der Waals surface area contributed by atoms with E-state index in [2.05, 4.69) is 59.4 Å². The van der Waals surface area contributed by atoms with E-state index in [1.807, 2.05) is 18.2 Å². The molecule has 0 aliphatic carbocycles. The van der Waals surface area contributed by atoms with Crippen molar-refractivity contribution in [2.24, 2.45) is 0 Å². The maximum atomic E-state index is 14.4. The van der Waals surface area contributed by atoms with Gasteiger partial charge in [0.05, 0.1) is 12.1 Å². The van der Waals surface area contributed by atoms with E-state index in [4.69, 9.17) is 0 Å². The van der Waals surface area contributed by atoms with Crippen LogP contribution in [0.15, 0.2) is 57.7 Å². The van der Waals surface area contributed by atoms with E-state index in [1.54, 1.807) is 10.7 Å². The Hall–Kier alpha value is -1.73. The maximum Gasteiger partial charge on any atom is 0.222 e. The molecule has 4 nitrogen and oxygen atoms in total. The minimum atomic E-state index is -0.237. The number of nitrogens with one attached hydrogen (secondary N) is 1. The van der Waals surface area contributed by atoms with Crippen molar-refractivity contribution in [2.75, 3.05) is 5.32 Å². The highest BCUT2D eigenvalue weighted by Crippen LogP contribution is 2.39. The molecule has 0 amide bonds. The average molecular weight is 452 g/mol. The highest BCUT2D eigenvalue weighted by molar-refractivity contribution is 9.10. The van der Waals surface area contributed by atoms with Gasteiger partial charge in [0.1, 0.15) is 12.1 Å². The third-order valence-corrected chi connectivity index (χ3v) is 5.19. The van der Waals surface area contributed by atoms with E-state index in [0.717, 1.165) is 14.5 Å². The van der Waals surface area contributed by atoms with Crippen LogP contribution in [0.3, 0.4) is 0 Å². The number of hydrogen-bond acceptors (Lipinski definition) is 3. The number of hydrogen-bond donors (Lipinski definition) is 1. The average Bonchev–Trinajstić information content (AvgIpc) is 3.05. The van der Waals surface area contributed by atoms with E-state index in [0.29, 0.717) is 17.9 Å². The van der Waals surface area contributed by atoms with Crippen LogP contribution in [-0.2, 0) is 0 Å². The molecule has 0 fully saturated rings. The molecule has 7 heteroatoms. The van der Waals surface area contributed by atoms with Gasteiger partial charge in [0.2, 0.25) is 5.95 Å². The van der Waals surface area contributed by atoms with Crippen molar-refractivity contribution in [2.45, 2.75) is 18.5 Å². The van der Waals surface area contributed by atoms with Gasteiger partial charge in [-0.25, -0.2) is 9.07 Å². The van der Waals surface area contributed by atoms with Crippen molar-refractivity contribution in [3.8, 4) is 0 Å². The predicted molar refractivity (Wildman–Crippen MR) is 97.4 cm³/mol. The first-order valence-electron chi connectivity index (χ1n) is 7.48. The number of rotatable bonds is 2. The van der Waals surface area contributed by atoms with E-state index in [1.165, 1.54) is 12.4 Å². The Balaban J connectivity index is 1.78. The predicted octanol–water partition coefficient (Wildman–Crippen LogP) is 5.09. The second-order valence-corrected chi connectivity index (χ2v) is 7.53. The molecule has 1 aromatic heterocycles. The molecule has 2 atom stereocenters. The number of nitrogens with zero attached hydrogens (tertiary/aromatic N) is 3. The van der Waals surface area contributed by atoms with E-state index < -0.39 is 0 Å². The molecule has 3 aromatic rings. The zero-order valence-electron chi connectivity index (χ0n) is 12.5. The van der Waals surface area contributed by atoms with Crippen molar-refractivity contribution in [3.63, 3.8) is 0 Å². The first-order chi connectivity index (χ1) is 11.6. The molecule has 0 spiro atoms. The van der Waals surface area contributed by atoms with Gasteiger partial charge < -0.3 is 5.32 Å². The highest BCUT2D eigenvalue weighted by Gasteiger charge is 2.31. The van der Waals surface area contributed by atoms with Gasteiger partial charge in [0.25, 0.3) is 0 Å². The monoisotopic (exact) mass is 450 g/mol. The fourth-order valence-electron chi connectivity index (χ4n) is 3.09. The van der Waals surface area contributed by atoms with Gasteiger partial charge >= 0.3 is 0 Å². The number of halogens is 3. The standard InChI is InChI=1S/C17H13Br2FN4/c18-11-3-1-2-10(6-11)15-8-16(24-17(23-15)21-9-22-24)13-7-12(19)4-5-14(13)20/h1-7,9,15-16H,8H2,(H,21,22,23)/t15-,16-/m1/s1. The SMILES string of the molecule is Fc1ccc(Br)cc1[C@H]1C[C@H](c2cccc(Br)c2)Nc2ncnn21. The minimum Gasteiger partial charge on any atom is -0.348 e. The number of benzene rings is 2. The van der Waals surface area contributed by atoms with E-state index in [-0.39, 0.29) is 17.9 Å². The summed E-state index contributed by atoms with van der Waals surface area (Å²) < 4.78 is 18.0. The Kier molecular flexibility index (Phi) is 4.14. The summed E-state index contributed by atoms with van der Waals surface area (Å²) >= 11 is 6.94. The summed E-state index contributed by atoms with van der Waals surface area (Å²) in [5.41, 5.74) is 1.73. The lowest BCUT2D eigenvalue weighted by molar-refractivity contribution is 0.415. The van der Waals surface area contributed by atoms with Crippen molar-refractivity contribution in [1.29, 1.82) is 0 Å². The molecule has 4 rings (SSSR count). The van der Waals surface area contributed by atoms with E-state index in [9.17, 15) is 4.39 Å².